The number of rotatable bonds is 12. The van der Waals surface area contributed by atoms with Crippen molar-refractivity contribution < 1.29 is 18.7 Å². The third-order valence-corrected chi connectivity index (χ3v) is 6.59. The minimum atomic E-state index is -0.395. The molecule has 3 rings (SSSR count). The Kier molecular flexibility index (Phi) is 9.11. The van der Waals surface area contributed by atoms with Crippen molar-refractivity contribution in [3.05, 3.63) is 65.2 Å². The quantitative estimate of drug-likeness (QED) is 0.244. The molecule has 0 bridgehead atoms. The summed E-state index contributed by atoms with van der Waals surface area (Å²) in [4.78, 5) is 12.0. The van der Waals surface area contributed by atoms with Crippen LogP contribution in [0.15, 0.2) is 48.5 Å². The Balaban J connectivity index is 1.42. The van der Waals surface area contributed by atoms with E-state index in [0.29, 0.717) is 25.2 Å². The topological polar surface area (TPSA) is 35.5 Å². The Labute approximate surface area is 198 Å². The molecule has 3 nitrogen and oxygen atoms in total. The minimum absolute atomic E-state index is 0.106. The summed E-state index contributed by atoms with van der Waals surface area (Å²) in [5.41, 5.74) is 2.98. The van der Waals surface area contributed by atoms with Gasteiger partial charge in [-0.05, 0) is 63.2 Å². The number of allylic oxidation sites excluding steroid dienone is 1. The highest BCUT2D eigenvalue weighted by atomic mass is 19.1. The maximum absolute atomic E-state index is 15.2. The Hall–Kier alpha value is -2.62. The summed E-state index contributed by atoms with van der Waals surface area (Å²) in [5.74, 6) is 0.522. The van der Waals surface area contributed by atoms with Crippen LogP contribution in [0.2, 0.25) is 0 Å². The molecule has 0 heterocycles. The van der Waals surface area contributed by atoms with Gasteiger partial charge in [-0.15, -0.1) is 0 Å². The van der Waals surface area contributed by atoms with Crippen molar-refractivity contribution in [3.63, 3.8) is 0 Å². The Morgan fingerprint density at radius 2 is 1.52 bits per heavy atom. The van der Waals surface area contributed by atoms with Crippen LogP contribution < -0.4 is 4.74 Å². The van der Waals surface area contributed by atoms with Gasteiger partial charge in [-0.1, -0.05) is 68.7 Å². The van der Waals surface area contributed by atoms with Gasteiger partial charge in [-0.25, -0.2) is 4.39 Å². The molecule has 0 fully saturated rings. The first-order valence-corrected chi connectivity index (χ1v) is 12.3. The Morgan fingerprint density at radius 1 is 0.879 bits per heavy atom. The number of aryl methyl sites for hydroxylation is 1. The van der Waals surface area contributed by atoms with Crippen LogP contribution in [0.4, 0.5) is 4.39 Å². The van der Waals surface area contributed by atoms with E-state index >= 15 is 4.39 Å². The van der Waals surface area contributed by atoms with Gasteiger partial charge in [0.25, 0.3) is 0 Å². The maximum atomic E-state index is 15.2. The minimum Gasteiger partial charge on any atom is -0.493 e. The molecule has 0 aromatic heterocycles. The van der Waals surface area contributed by atoms with Crippen LogP contribution in [0.25, 0.3) is 11.4 Å². The molecule has 0 saturated heterocycles. The summed E-state index contributed by atoms with van der Waals surface area (Å²) in [6.07, 6.45) is 7.32. The van der Waals surface area contributed by atoms with Crippen molar-refractivity contribution in [1.29, 1.82) is 0 Å². The lowest BCUT2D eigenvalue weighted by molar-refractivity contribution is -0.154. The molecule has 1 aliphatic carbocycles. The molecule has 2 aromatic rings. The fraction of sp³-hybridized carbons (Fsp3) is 0.483. The fourth-order valence-corrected chi connectivity index (χ4v) is 4.00. The molecule has 0 radical (unpaired) electrons. The monoisotopic (exact) mass is 452 g/mol. The van der Waals surface area contributed by atoms with Gasteiger partial charge in [-0.2, -0.15) is 0 Å². The first kappa shape index (κ1) is 25.0. The highest BCUT2D eigenvalue weighted by Crippen LogP contribution is 2.40. The van der Waals surface area contributed by atoms with Crippen LogP contribution in [-0.2, 0) is 16.0 Å². The number of carbonyl (C=O) groups excluding carboxylic acids is 1. The number of unbranched alkanes of at least 4 members (excludes halogenated alkanes) is 4. The van der Waals surface area contributed by atoms with Crippen LogP contribution >= 0.6 is 0 Å². The number of para-hydroxylation sites is 1. The lowest BCUT2D eigenvalue weighted by Crippen LogP contribution is -2.26. The van der Waals surface area contributed by atoms with Gasteiger partial charge in [0.15, 0.2) is 0 Å². The summed E-state index contributed by atoms with van der Waals surface area (Å²) in [5, 5.41) is 0. The molecular formula is C29H37FO3. The SMILES string of the molecule is CCC(C)(C)C(=O)OCCCCCCCOc1ccccc1C1=C(F)c2ccccc2CC1. The van der Waals surface area contributed by atoms with E-state index < -0.39 is 5.41 Å². The van der Waals surface area contributed by atoms with Gasteiger partial charge in [0.2, 0.25) is 0 Å². The molecule has 33 heavy (non-hydrogen) atoms. The van der Waals surface area contributed by atoms with Gasteiger partial charge in [0.05, 0.1) is 18.6 Å². The maximum Gasteiger partial charge on any atom is 0.311 e. The second-order valence-corrected chi connectivity index (χ2v) is 9.44. The Bertz CT molecular complexity index is 961. The summed E-state index contributed by atoms with van der Waals surface area (Å²) in [6.45, 7) is 6.96. The number of esters is 1. The fourth-order valence-electron chi connectivity index (χ4n) is 4.00. The highest BCUT2D eigenvalue weighted by Gasteiger charge is 2.26. The summed E-state index contributed by atoms with van der Waals surface area (Å²) in [6, 6.07) is 15.5. The van der Waals surface area contributed by atoms with E-state index in [0.717, 1.165) is 67.4 Å². The predicted molar refractivity (Wildman–Crippen MR) is 133 cm³/mol. The normalized spacial score (nSPS) is 13.6. The molecule has 0 unspecified atom stereocenters. The predicted octanol–water partition coefficient (Wildman–Crippen LogP) is 7.78. The summed E-state index contributed by atoms with van der Waals surface area (Å²) >= 11 is 0. The van der Waals surface area contributed by atoms with Crippen molar-refractivity contribution in [2.24, 2.45) is 5.41 Å². The molecule has 0 amide bonds. The number of ether oxygens (including phenoxy) is 2. The second kappa shape index (κ2) is 12.0. The second-order valence-electron chi connectivity index (χ2n) is 9.44. The van der Waals surface area contributed by atoms with E-state index in [1.807, 2.05) is 69.3 Å². The van der Waals surface area contributed by atoms with Gasteiger partial charge in [0, 0.05) is 11.1 Å². The lowest BCUT2D eigenvalue weighted by atomic mass is 9.87. The zero-order valence-electron chi connectivity index (χ0n) is 20.3. The van der Waals surface area contributed by atoms with Crippen molar-refractivity contribution in [2.75, 3.05) is 13.2 Å². The zero-order valence-corrected chi connectivity index (χ0v) is 20.3. The van der Waals surface area contributed by atoms with Crippen LogP contribution in [0, 0.1) is 5.41 Å². The van der Waals surface area contributed by atoms with E-state index in [9.17, 15) is 4.79 Å². The van der Waals surface area contributed by atoms with Crippen molar-refractivity contribution in [1.82, 2.24) is 0 Å². The third-order valence-electron chi connectivity index (χ3n) is 6.59. The van der Waals surface area contributed by atoms with Crippen LogP contribution in [0.1, 0.15) is 82.4 Å². The van der Waals surface area contributed by atoms with Gasteiger partial charge in [-0.3, -0.25) is 4.79 Å². The van der Waals surface area contributed by atoms with Crippen molar-refractivity contribution in [2.45, 2.75) is 72.1 Å². The van der Waals surface area contributed by atoms with E-state index in [4.69, 9.17) is 9.47 Å². The van der Waals surface area contributed by atoms with Gasteiger partial charge in [0.1, 0.15) is 11.6 Å². The molecule has 0 atom stereocenters. The van der Waals surface area contributed by atoms with Crippen LogP contribution in [0.5, 0.6) is 5.75 Å². The average molecular weight is 453 g/mol. The largest absolute Gasteiger partial charge is 0.493 e. The number of halogens is 1. The summed E-state index contributed by atoms with van der Waals surface area (Å²) < 4.78 is 26.7. The number of fused-ring (bicyclic) bond motifs is 1. The van der Waals surface area contributed by atoms with Gasteiger partial charge < -0.3 is 9.47 Å². The molecular weight excluding hydrogens is 415 g/mol. The molecule has 0 spiro atoms. The molecule has 1 aliphatic rings. The average Bonchev–Trinajstić information content (AvgIpc) is 2.83. The number of hydrogen-bond acceptors (Lipinski definition) is 3. The first-order valence-electron chi connectivity index (χ1n) is 12.3. The molecule has 0 aliphatic heterocycles. The molecule has 178 valence electrons. The molecule has 2 aromatic carbocycles. The molecule has 0 saturated carbocycles. The van der Waals surface area contributed by atoms with Gasteiger partial charge >= 0.3 is 5.97 Å². The van der Waals surface area contributed by atoms with Crippen molar-refractivity contribution in [3.8, 4) is 5.75 Å². The molecule has 4 heteroatoms. The van der Waals surface area contributed by atoms with Crippen LogP contribution in [-0.4, -0.2) is 19.2 Å². The standard InChI is InChI=1S/C29H37FO3/c1-4-29(2,3)28(31)33-21-13-7-5-6-12-20-32-26-17-11-10-16-24(26)25-19-18-22-14-8-9-15-23(22)27(25)30/h8-11,14-17H,4-7,12-13,18-21H2,1-3H3. The van der Waals surface area contributed by atoms with Crippen LogP contribution in [0.3, 0.4) is 0 Å². The number of benzene rings is 2. The van der Waals surface area contributed by atoms with E-state index in [2.05, 4.69) is 0 Å². The first-order chi connectivity index (χ1) is 15.9. The summed E-state index contributed by atoms with van der Waals surface area (Å²) in [7, 11) is 0. The number of carbonyl (C=O) groups is 1. The van der Waals surface area contributed by atoms with Crippen molar-refractivity contribution >= 4 is 17.4 Å². The van der Waals surface area contributed by atoms with E-state index in [1.54, 1.807) is 0 Å². The van der Waals surface area contributed by atoms with E-state index in [1.165, 1.54) is 0 Å². The zero-order chi connectivity index (χ0) is 23.7. The third kappa shape index (κ3) is 6.69. The smallest absolute Gasteiger partial charge is 0.311 e. The molecule has 0 N–H and O–H groups in total. The number of hydrogen-bond donors (Lipinski definition) is 0. The van der Waals surface area contributed by atoms with E-state index in [-0.39, 0.29) is 11.8 Å². The lowest BCUT2D eigenvalue weighted by Gasteiger charge is -2.21. The highest BCUT2D eigenvalue weighted by molar-refractivity contribution is 5.91. The Morgan fingerprint density at radius 3 is 2.27 bits per heavy atom.